The Labute approximate surface area is 71.1 Å². The molecule has 0 aromatic carbocycles. The monoisotopic (exact) mass is 170 g/mol. The molecule has 68 valence electrons. The Bertz CT molecular complexity index is 243. The quantitative estimate of drug-likeness (QED) is 0.665. The van der Waals surface area contributed by atoms with E-state index < -0.39 is 0 Å². The zero-order valence-electron chi connectivity index (χ0n) is 7.32. The van der Waals surface area contributed by atoms with Gasteiger partial charge in [0.15, 0.2) is 5.82 Å². The first-order valence-electron chi connectivity index (χ1n) is 3.93. The Morgan fingerprint density at radius 1 is 1.42 bits per heavy atom. The Kier molecular flexibility index (Phi) is 2.78. The first-order valence-corrected chi connectivity index (χ1v) is 3.93. The van der Waals surface area contributed by atoms with E-state index in [1.54, 1.807) is 6.92 Å². The number of nitrogens with zero attached hydrogens (tertiary/aromatic N) is 2. The highest BCUT2D eigenvalue weighted by Crippen LogP contribution is 2.06. The molecule has 1 aromatic rings. The van der Waals surface area contributed by atoms with Gasteiger partial charge in [-0.2, -0.15) is 4.98 Å². The molecule has 4 N–H and O–H groups in total. The largest absolute Gasteiger partial charge is 0.338 e. The molecular formula is C7H14N4O. The van der Waals surface area contributed by atoms with Crippen molar-refractivity contribution in [3.63, 3.8) is 0 Å². The molecule has 0 aliphatic heterocycles. The van der Waals surface area contributed by atoms with Gasteiger partial charge in [-0.25, -0.2) is 0 Å². The molecule has 0 fully saturated rings. The average Bonchev–Trinajstić information content (AvgIpc) is 2.34. The van der Waals surface area contributed by atoms with E-state index in [-0.39, 0.29) is 12.1 Å². The van der Waals surface area contributed by atoms with Crippen molar-refractivity contribution in [1.82, 2.24) is 10.1 Å². The molecule has 1 heterocycles. The van der Waals surface area contributed by atoms with Gasteiger partial charge in [0, 0.05) is 12.5 Å². The topological polar surface area (TPSA) is 91.0 Å². The Morgan fingerprint density at radius 2 is 2.08 bits per heavy atom. The summed E-state index contributed by atoms with van der Waals surface area (Å²) in [5.41, 5.74) is 11.1. The first-order chi connectivity index (χ1) is 5.59. The van der Waals surface area contributed by atoms with Crippen molar-refractivity contribution >= 4 is 0 Å². The average molecular weight is 170 g/mol. The zero-order valence-corrected chi connectivity index (χ0v) is 7.32. The van der Waals surface area contributed by atoms with Crippen LogP contribution in [0.2, 0.25) is 0 Å². The molecule has 5 nitrogen and oxygen atoms in total. The second-order valence-electron chi connectivity index (χ2n) is 3.02. The van der Waals surface area contributed by atoms with Gasteiger partial charge in [-0.05, 0) is 13.8 Å². The van der Waals surface area contributed by atoms with Gasteiger partial charge in [-0.15, -0.1) is 0 Å². The normalized spacial score (nSPS) is 16.0. The fraction of sp³-hybridized carbons (Fsp3) is 0.714. The predicted molar refractivity (Wildman–Crippen MR) is 44.3 cm³/mol. The minimum Gasteiger partial charge on any atom is -0.338 e. The Morgan fingerprint density at radius 3 is 2.50 bits per heavy atom. The van der Waals surface area contributed by atoms with Crippen LogP contribution in [-0.4, -0.2) is 16.2 Å². The van der Waals surface area contributed by atoms with Crippen LogP contribution in [0, 0.1) is 0 Å². The fourth-order valence-electron chi connectivity index (χ4n) is 0.823. The van der Waals surface area contributed by atoms with Gasteiger partial charge < -0.3 is 16.0 Å². The maximum absolute atomic E-state index is 5.56. The van der Waals surface area contributed by atoms with Crippen LogP contribution in [0.3, 0.4) is 0 Å². The van der Waals surface area contributed by atoms with Crippen LogP contribution < -0.4 is 11.5 Å². The van der Waals surface area contributed by atoms with Crippen molar-refractivity contribution in [2.24, 2.45) is 11.5 Å². The van der Waals surface area contributed by atoms with E-state index in [0.717, 1.165) is 0 Å². The molecule has 0 radical (unpaired) electrons. The molecule has 1 aromatic heterocycles. The molecule has 12 heavy (non-hydrogen) atoms. The van der Waals surface area contributed by atoms with Gasteiger partial charge in [0.25, 0.3) is 0 Å². The van der Waals surface area contributed by atoms with Gasteiger partial charge in [0.2, 0.25) is 5.89 Å². The minimum absolute atomic E-state index is 0.0449. The second kappa shape index (κ2) is 3.64. The minimum atomic E-state index is -0.209. The number of rotatable bonds is 3. The summed E-state index contributed by atoms with van der Waals surface area (Å²) in [5, 5.41) is 3.73. The van der Waals surface area contributed by atoms with Crippen molar-refractivity contribution < 1.29 is 4.52 Å². The predicted octanol–water partition coefficient (Wildman–Crippen LogP) is -0.0210. The molecule has 0 amide bonds. The summed E-state index contributed by atoms with van der Waals surface area (Å²) in [7, 11) is 0. The van der Waals surface area contributed by atoms with Crippen LogP contribution in [0.5, 0.6) is 0 Å². The van der Waals surface area contributed by atoms with E-state index in [0.29, 0.717) is 18.1 Å². The van der Waals surface area contributed by atoms with Crippen LogP contribution in [0.1, 0.15) is 31.6 Å². The summed E-state index contributed by atoms with van der Waals surface area (Å²) >= 11 is 0. The van der Waals surface area contributed by atoms with Crippen molar-refractivity contribution in [2.45, 2.75) is 32.4 Å². The number of hydrogen-bond donors (Lipinski definition) is 2. The van der Waals surface area contributed by atoms with Gasteiger partial charge in [0.1, 0.15) is 0 Å². The van der Waals surface area contributed by atoms with Gasteiger partial charge in [-0.3, -0.25) is 0 Å². The third kappa shape index (κ3) is 2.28. The third-order valence-corrected chi connectivity index (χ3v) is 1.38. The first kappa shape index (κ1) is 9.15. The maximum atomic E-state index is 5.56. The van der Waals surface area contributed by atoms with Crippen molar-refractivity contribution in [3.05, 3.63) is 11.7 Å². The molecule has 0 saturated heterocycles. The van der Waals surface area contributed by atoms with Crippen LogP contribution in [0.4, 0.5) is 0 Å². The van der Waals surface area contributed by atoms with E-state index in [1.807, 2.05) is 6.92 Å². The highest BCUT2D eigenvalue weighted by molar-refractivity contribution is 4.91. The molecule has 1 rings (SSSR count). The third-order valence-electron chi connectivity index (χ3n) is 1.38. The SMILES string of the molecule is CC(N)Cc1noc(C(C)N)n1. The molecule has 2 unspecified atom stereocenters. The lowest BCUT2D eigenvalue weighted by Gasteiger charge is -1.97. The standard InChI is InChI=1S/C7H14N4O/c1-4(8)3-6-10-7(5(2)9)12-11-6/h4-5H,3,8-9H2,1-2H3. The molecule has 0 spiro atoms. The summed E-state index contributed by atoms with van der Waals surface area (Å²) in [6, 6.07) is -0.164. The highest BCUT2D eigenvalue weighted by Gasteiger charge is 2.10. The number of nitrogens with two attached hydrogens (primary N) is 2. The highest BCUT2D eigenvalue weighted by atomic mass is 16.5. The summed E-state index contributed by atoms with van der Waals surface area (Å²) in [5.74, 6) is 1.09. The van der Waals surface area contributed by atoms with Crippen LogP contribution >= 0.6 is 0 Å². The van der Waals surface area contributed by atoms with E-state index >= 15 is 0 Å². The van der Waals surface area contributed by atoms with Crippen LogP contribution in [-0.2, 0) is 6.42 Å². The van der Waals surface area contributed by atoms with Crippen LogP contribution in [0.25, 0.3) is 0 Å². The maximum Gasteiger partial charge on any atom is 0.243 e. The summed E-state index contributed by atoms with van der Waals surface area (Å²) in [4.78, 5) is 4.07. The Balaban J connectivity index is 2.64. The van der Waals surface area contributed by atoms with E-state index in [4.69, 9.17) is 16.0 Å². The summed E-state index contributed by atoms with van der Waals surface area (Å²) in [6.07, 6.45) is 0.621. The van der Waals surface area contributed by atoms with Crippen LogP contribution in [0.15, 0.2) is 4.52 Å². The molecule has 0 bridgehead atoms. The molecule has 0 saturated carbocycles. The summed E-state index contributed by atoms with van der Waals surface area (Å²) < 4.78 is 4.89. The van der Waals surface area contributed by atoms with E-state index in [2.05, 4.69) is 10.1 Å². The molecule has 0 aliphatic rings. The van der Waals surface area contributed by atoms with E-state index in [1.165, 1.54) is 0 Å². The smallest absolute Gasteiger partial charge is 0.243 e. The van der Waals surface area contributed by atoms with Crippen molar-refractivity contribution in [2.75, 3.05) is 0 Å². The molecule has 5 heteroatoms. The van der Waals surface area contributed by atoms with Gasteiger partial charge in [0.05, 0.1) is 6.04 Å². The molecular weight excluding hydrogens is 156 g/mol. The lowest BCUT2D eigenvalue weighted by molar-refractivity contribution is 0.356. The fourth-order valence-corrected chi connectivity index (χ4v) is 0.823. The number of aromatic nitrogens is 2. The lowest BCUT2D eigenvalue weighted by Crippen LogP contribution is -2.18. The number of hydrogen-bond acceptors (Lipinski definition) is 5. The second-order valence-corrected chi connectivity index (χ2v) is 3.02. The molecule has 0 aliphatic carbocycles. The summed E-state index contributed by atoms with van der Waals surface area (Å²) in [6.45, 7) is 3.69. The van der Waals surface area contributed by atoms with Gasteiger partial charge in [-0.1, -0.05) is 5.16 Å². The Hall–Kier alpha value is -0.940. The molecule has 2 atom stereocenters. The van der Waals surface area contributed by atoms with Crippen molar-refractivity contribution in [1.29, 1.82) is 0 Å². The van der Waals surface area contributed by atoms with Crippen molar-refractivity contribution in [3.8, 4) is 0 Å². The zero-order chi connectivity index (χ0) is 9.14. The van der Waals surface area contributed by atoms with Gasteiger partial charge >= 0.3 is 0 Å². The lowest BCUT2D eigenvalue weighted by atomic mass is 10.2. The van der Waals surface area contributed by atoms with E-state index in [9.17, 15) is 0 Å².